The molecule has 0 bridgehead atoms. The molecule has 2 nitrogen and oxygen atoms in total. The molecule has 0 aromatic heterocycles. The summed E-state index contributed by atoms with van der Waals surface area (Å²) in [7, 11) is 0. The Morgan fingerprint density at radius 2 is 1.78 bits per heavy atom. The van der Waals surface area contributed by atoms with Crippen LogP contribution in [0.5, 0.6) is 0 Å². The molecule has 2 heterocycles. The van der Waals surface area contributed by atoms with Crippen molar-refractivity contribution in [3.63, 3.8) is 0 Å². The van der Waals surface area contributed by atoms with Gasteiger partial charge in [0.2, 0.25) is 0 Å². The minimum absolute atomic E-state index is 0.962. The molecular formula is C16H19NO. The lowest BCUT2D eigenvalue weighted by atomic mass is 10.1. The van der Waals surface area contributed by atoms with Gasteiger partial charge >= 0.3 is 0 Å². The van der Waals surface area contributed by atoms with Crippen molar-refractivity contribution in [2.24, 2.45) is 0 Å². The minimum Gasteiger partial charge on any atom is -0.460 e. The van der Waals surface area contributed by atoms with Crippen LogP contribution in [0.25, 0.3) is 5.76 Å². The van der Waals surface area contributed by atoms with Gasteiger partial charge in [0.25, 0.3) is 0 Å². The Balaban J connectivity index is 1.65. The number of allylic oxidation sites excluding steroid dienone is 2. The van der Waals surface area contributed by atoms with Gasteiger partial charge in [-0.15, -0.1) is 0 Å². The molecular weight excluding hydrogens is 222 g/mol. The van der Waals surface area contributed by atoms with Crippen LogP contribution >= 0.6 is 0 Å². The highest BCUT2D eigenvalue weighted by Gasteiger charge is 2.16. The Labute approximate surface area is 109 Å². The van der Waals surface area contributed by atoms with Gasteiger partial charge in [0.05, 0.1) is 6.54 Å². The monoisotopic (exact) mass is 241 g/mol. The first kappa shape index (κ1) is 11.5. The van der Waals surface area contributed by atoms with E-state index >= 15 is 0 Å². The average molecular weight is 241 g/mol. The lowest BCUT2D eigenvalue weighted by Crippen LogP contribution is -2.23. The molecule has 94 valence electrons. The molecule has 1 saturated heterocycles. The highest BCUT2D eigenvalue weighted by Crippen LogP contribution is 2.25. The van der Waals surface area contributed by atoms with Crippen LogP contribution in [0, 0.1) is 0 Å². The number of hydrogen-bond donors (Lipinski definition) is 0. The number of rotatable bonds is 3. The lowest BCUT2D eigenvalue weighted by Gasteiger charge is -2.21. The molecule has 2 aliphatic heterocycles. The van der Waals surface area contributed by atoms with E-state index < -0.39 is 0 Å². The second kappa shape index (κ2) is 5.40. The van der Waals surface area contributed by atoms with Gasteiger partial charge in [0.15, 0.2) is 0 Å². The zero-order chi connectivity index (χ0) is 12.2. The maximum Gasteiger partial charge on any atom is 0.130 e. The van der Waals surface area contributed by atoms with Crippen molar-refractivity contribution in [3.05, 3.63) is 53.8 Å². The van der Waals surface area contributed by atoms with Crippen LogP contribution in [-0.2, 0) is 4.74 Å². The summed E-state index contributed by atoms with van der Waals surface area (Å²) in [6, 6.07) is 10.3. The Morgan fingerprint density at radius 1 is 1.00 bits per heavy atom. The van der Waals surface area contributed by atoms with Crippen LogP contribution in [0.2, 0.25) is 0 Å². The molecule has 0 aliphatic carbocycles. The van der Waals surface area contributed by atoms with E-state index in [9.17, 15) is 0 Å². The van der Waals surface area contributed by atoms with Gasteiger partial charge in [-0.3, -0.25) is 4.90 Å². The normalized spacial score (nSPS) is 20.2. The van der Waals surface area contributed by atoms with Gasteiger partial charge in [0, 0.05) is 5.56 Å². The van der Waals surface area contributed by atoms with Crippen molar-refractivity contribution in [1.82, 2.24) is 4.90 Å². The van der Waals surface area contributed by atoms with Gasteiger partial charge in [-0.25, -0.2) is 0 Å². The first-order valence-electron chi connectivity index (χ1n) is 6.77. The van der Waals surface area contributed by atoms with E-state index in [2.05, 4.69) is 41.3 Å². The van der Waals surface area contributed by atoms with E-state index in [1.807, 2.05) is 6.07 Å². The number of benzene rings is 1. The topological polar surface area (TPSA) is 12.5 Å². The summed E-state index contributed by atoms with van der Waals surface area (Å²) in [6.07, 6.45) is 7.99. The van der Waals surface area contributed by atoms with Gasteiger partial charge < -0.3 is 4.74 Å². The molecule has 1 aromatic rings. The van der Waals surface area contributed by atoms with Gasteiger partial charge in [-0.2, -0.15) is 0 Å². The van der Waals surface area contributed by atoms with Gasteiger partial charge in [-0.05, 0) is 44.5 Å². The average Bonchev–Trinajstić information content (AvgIpc) is 2.93. The van der Waals surface area contributed by atoms with Crippen molar-refractivity contribution in [2.75, 3.05) is 19.6 Å². The quantitative estimate of drug-likeness (QED) is 0.804. The zero-order valence-corrected chi connectivity index (χ0v) is 10.6. The molecule has 0 saturated carbocycles. The fourth-order valence-corrected chi connectivity index (χ4v) is 2.56. The Hall–Kier alpha value is -1.54. The van der Waals surface area contributed by atoms with Crippen LogP contribution in [0.1, 0.15) is 24.8 Å². The van der Waals surface area contributed by atoms with Crippen molar-refractivity contribution < 1.29 is 4.74 Å². The predicted molar refractivity (Wildman–Crippen MR) is 73.9 cm³/mol. The van der Waals surface area contributed by atoms with E-state index in [4.69, 9.17) is 4.74 Å². The second-order valence-electron chi connectivity index (χ2n) is 4.93. The molecule has 0 amide bonds. The lowest BCUT2D eigenvalue weighted by molar-refractivity contribution is 0.278. The first-order valence-corrected chi connectivity index (χ1v) is 6.77. The van der Waals surface area contributed by atoms with E-state index in [0.717, 1.165) is 24.5 Å². The number of nitrogens with zero attached hydrogens (tertiary/aromatic N) is 1. The molecule has 1 aromatic carbocycles. The second-order valence-corrected chi connectivity index (χ2v) is 4.93. The molecule has 2 heteroatoms. The van der Waals surface area contributed by atoms with Crippen molar-refractivity contribution in [1.29, 1.82) is 0 Å². The SMILES string of the molecule is C1=C(CN2CCCC2)OC(c2ccccc2)=CC1. The van der Waals surface area contributed by atoms with Crippen molar-refractivity contribution >= 4 is 5.76 Å². The summed E-state index contributed by atoms with van der Waals surface area (Å²) >= 11 is 0. The van der Waals surface area contributed by atoms with Crippen molar-refractivity contribution in [2.45, 2.75) is 19.3 Å². The Kier molecular flexibility index (Phi) is 3.47. The molecule has 0 atom stereocenters. The maximum atomic E-state index is 6.01. The van der Waals surface area contributed by atoms with Crippen molar-refractivity contribution in [3.8, 4) is 0 Å². The van der Waals surface area contributed by atoms with Crippen LogP contribution in [0.3, 0.4) is 0 Å². The molecule has 3 rings (SSSR count). The van der Waals surface area contributed by atoms with Gasteiger partial charge in [0.1, 0.15) is 11.5 Å². The summed E-state index contributed by atoms with van der Waals surface area (Å²) in [4.78, 5) is 2.47. The van der Waals surface area contributed by atoms with E-state index in [1.54, 1.807) is 0 Å². The van der Waals surface area contributed by atoms with Gasteiger partial charge in [-0.1, -0.05) is 30.3 Å². The van der Waals surface area contributed by atoms with Crippen LogP contribution in [0.4, 0.5) is 0 Å². The van der Waals surface area contributed by atoms with Crippen LogP contribution in [0.15, 0.2) is 48.2 Å². The molecule has 18 heavy (non-hydrogen) atoms. The Morgan fingerprint density at radius 3 is 2.56 bits per heavy atom. The summed E-state index contributed by atoms with van der Waals surface area (Å²) < 4.78 is 6.01. The highest BCUT2D eigenvalue weighted by molar-refractivity contribution is 5.61. The molecule has 0 spiro atoms. The first-order chi connectivity index (χ1) is 8.92. The summed E-state index contributed by atoms with van der Waals surface area (Å²) in [5.41, 5.74) is 1.17. The summed E-state index contributed by atoms with van der Waals surface area (Å²) in [6.45, 7) is 3.39. The molecule has 0 unspecified atom stereocenters. The number of likely N-dealkylation sites (tertiary alicyclic amines) is 1. The van der Waals surface area contributed by atoms with E-state index in [1.165, 1.54) is 31.5 Å². The summed E-state index contributed by atoms with van der Waals surface area (Å²) in [5.74, 6) is 2.12. The third-order valence-corrected chi connectivity index (χ3v) is 3.53. The minimum atomic E-state index is 0.962. The molecule has 0 N–H and O–H groups in total. The smallest absolute Gasteiger partial charge is 0.130 e. The predicted octanol–water partition coefficient (Wildman–Crippen LogP) is 3.43. The van der Waals surface area contributed by atoms with E-state index in [-0.39, 0.29) is 0 Å². The summed E-state index contributed by atoms with van der Waals surface area (Å²) in [5, 5.41) is 0. The maximum absolute atomic E-state index is 6.01. The molecule has 1 fully saturated rings. The fourth-order valence-electron chi connectivity index (χ4n) is 2.56. The third-order valence-electron chi connectivity index (χ3n) is 3.53. The Bertz CT molecular complexity index is 455. The largest absolute Gasteiger partial charge is 0.460 e. The number of hydrogen-bond acceptors (Lipinski definition) is 2. The molecule has 0 radical (unpaired) electrons. The highest BCUT2D eigenvalue weighted by atomic mass is 16.5. The van der Waals surface area contributed by atoms with E-state index in [0.29, 0.717) is 0 Å². The standard InChI is InChI=1S/C16H19NO/c1-2-7-14(8-3-1)16-10-6-9-15(18-16)13-17-11-4-5-12-17/h1-3,7-10H,4-6,11-13H2. The van der Waals surface area contributed by atoms with Crippen LogP contribution < -0.4 is 0 Å². The molecule has 2 aliphatic rings. The zero-order valence-electron chi connectivity index (χ0n) is 10.6. The fraction of sp³-hybridized carbons (Fsp3) is 0.375. The number of ether oxygens (including phenoxy) is 1. The third kappa shape index (κ3) is 2.65. The van der Waals surface area contributed by atoms with Crippen LogP contribution in [-0.4, -0.2) is 24.5 Å².